The zero-order valence-corrected chi connectivity index (χ0v) is 11.9. The number of benzene rings is 1. The van der Waals surface area contributed by atoms with Gasteiger partial charge >= 0.3 is 0 Å². The first-order valence-electron chi connectivity index (χ1n) is 7.02. The highest BCUT2D eigenvalue weighted by molar-refractivity contribution is 5.98. The number of rotatable bonds is 4. The fourth-order valence-corrected chi connectivity index (χ4v) is 2.84. The molecule has 1 heterocycles. The van der Waals surface area contributed by atoms with Crippen LogP contribution >= 0.6 is 0 Å². The number of nitrogens with zero attached hydrogens (tertiary/aromatic N) is 2. The first kappa shape index (κ1) is 14.7. The van der Waals surface area contributed by atoms with E-state index in [1.807, 2.05) is 0 Å². The van der Waals surface area contributed by atoms with Crippen molar-refractivity contribution in [1.29, 1.82) is 0 Å². The van der Waals surface area contributed by atoms with Crippen LogP contribution in [0.2, 0.25) is 0 Å². The first-order valence-corrected chi connectivity index (χ1v) is 7.02. The topological polar surface area (TPSA) is 63.5 Å². The van der Waals surface area contributed by atoms with Crippen molar-refractivity contribution in [1.82, 2.24) is 4.90 Å². The van der Waals surface area contributed by atoms with Gasteiger partial charge in [-0.15, -0.1) is 0 Å². The van der Waals surface area contributed by atoms with Gasteiger partial charge in [0.05, 0.1) is 11.5 Å². The second-order valence-corrected chi connectivity index (χ2v) is 5.53. The lowest BCUT2D eigenvalue weighted by Gasteiger charge is -2.38. The summed E-state index contributed by atoms with van der Waals surface area (Å²) in [5.41, 5.74) is 0.389. The molecule has 1 aliphatic rings. The van der Waals surface area contributed by atoms with Gasteiger partial charge in [0.25, 0.3) is 5.69 Å². The zero-order valence-electron chi connectivity index (χ0n) is 11.9. The number of nitro benzene ring substituents is 1. The predicted octanol–water partition coefficient (Wildman–Crippen LogP) is 3.04. The molecule has 1 aromatic rings. The summed E-state index contributed by atoms with van der Waals surface area (Å²) < 4.78 is 0. The number of carbonyl (C=O) groups excluding carboxylic acids is 1. The molecule has 0 bridgehead atoms. The van der Waals surface area contributed by atoms with Crippen molar-refractivity contribution in [3.63, 3.8) is 0 Å². The van der Waals surface area contributed by atoms with Gasteiger partial charge in [0.2, 0.25) is 0 Å². The second-order valence-electron chi connectivity index (χ2n) is 5.53. The highest BCUT2D eigenvalue weighted by atomic mass is 16.6. The number of ketones is 1. The summed E-state index contributed by atoms with van der Waals surface area (Å²) in [6, 6.07) is 6.76. The van der Waals surface area contributed by atoms with Crippen LogP contribution < -0.4 is 0 Å². The highest BCUT2D eigenvalue weighted by Gasteiger charge is 2.26. The van der Waals surface area contributed by atoms with Gasteiger partial charge in [-0.1, -0.05) is 18.6 Å². The molecule has 0 radical (unpaired) electrons. The fraction of sp³-hybridized carbons (Fsp3) is 0.533. The molecule has 20 heavy (non-hydrogen) atoms. The summed E-state index contributed by atoms with van der Waals surface area (Å²) in [5, 5.41) is 10.8. The SMILES string of the molecule is CC1CCCC(C)N1CC(=O)c1cccc([N+](=O)[O-])c1. The Hall–Kier alpha value is -1.75. The molecule has 1 saturated heterocycles. The van der Waals surface area contributed by atoms with Crippen LogP contribution in [-0.2, 0) is 0 Å². The molecule has 0 aliphatic carbocycles. The second kappa shape index (κ2) is 6.13. The Morgan fingerprint density at radius 2 is 2.00 bits per heavy atom. The maximum atomic E-state index is 12.3. The molecular formula is C15H20N2O3. The van der Waals surface area contributed by atoms with Gasteiger partial charge < -0.3 is 0 Å². The van der Waals surface area contributed by atoms with E-state index in [4.69, 9.17) is 0 Å². The number of hydrogen-bond donors (Lipinski definition) is 0. The summed E-state index contributed by atoms with van der Waals surface area (Å²) >= 11 is 0. The van der Waals surface area contributed by atoms with E-state index in [9.17, 15) is 14.9 Å². The average Bonchev–Trinajstić information content (AvgIpc) is 2.43. The molecule has 5 heteroatoms. The summed E-state index contributed by atoms with van der Waals surface area (Å²) in [6.07, 6.45) is 3.41. The van der Waals surface area contributed by atoms with Crippen molar-refractivity contribution >= 4 is 11.5 Å². The minimum atomic E-state index is -0.469. The molecule has 2 unspecified atom stereocenters. The monoisotopic (exact) mass is 276 g/mol. The quantitative estimate of drug-likeness (QED) is 0.481. The summed E-state index contributed by atoms with van der Waals surface area (Å²) in [4.78, 5) is 24.8. The minimum absolute atomic E-state index is 0.0319. The Balaban J connectivity index is 2.11. The Morgan fingerprint density at radius 3 is 2.60 bits per heavy atom. The summed E-state index contributed by atoms with van der Waals surface area (Å²) in [5.74, 6) is -0.0469. The molecule has 1 fully saturated rings. The third kappa shape index (κ3) is 3.22. The largest absolute Gasteiger partial charge is 0.293 e. The number of nitro groups is 1. The molecule has 0 saturated carbocycles. The standard InChI is InChI=1S/C15H20N2O3/c1-11-5-3-6-12(2)16(11)10-15(18)13-7-4-8-14(9-13)17(19)20/h4,7-9,11-12H,3,5-6,10H2,1-2H3. The van der Waals surface area contributed by atoms with E-state index in [1.165, 1.54) is 18.6 Å². The van der Waals surface area contributed by atoms with Crippen LogP contribution in [0.15, 0.2) is 24.3 Å². The molecule has 108 valence electrons. The van der Waals surface area contributed by atoms with Gasteiger partial charge in [0, 0.05) is 29.8 Å². The van der Waals surface area contributed by atoms with Crippen LogP contribution in [0, 0.1) is 10.1 Å². The van der Waals surface area contributed by atoms with Gasteiger partial charge in [0.1, 0.15) is 0 Å². The smallest absolute Gasteiger partial charge is 0.270 e. The van der Waals surface area contributed by atoms with Crippen molar-refractivity contribution in [2.24, 2.45) is 0 Å². The number of Topliss-reactive ketones (excluding diaryl/α,β-unsaturated/α-hetero) is 1. The lowest BCUT2D eigenvalue weighted by atomic mass is 9.96. The molecule has 2 atom stereocenters. The number of non-ortho nitro benzene ring substituents is 1. The van der Waals surface area contributed by atoms with E-state index in [0.29, 0.717) is 24.2 Å². The normalized spacial score (nSPS) is 23.5. The highest BCUT2D eigenvalue weighted by Crippen LogP contribution is 2.23. The number of likely N-dealkylation sites (tertiary alicyclic amines) is 1. The van der Waals surface area contributed by atoms with E-state index in [-0.39, 0.29) is 11.5 Å². The molecule has 1 aromatic carbocycles. The van der Waals surface area contributed by atoms with E-state index in [0.717, 1.165) is 12.8 Å². The third-order valence-electron chi connectivity index (χ3n) is 4.08. The predicted molar refractivity (Wildman–Crippen MR) is 76.9 cm³/mol. The lowest BCUT2D eigenvalue weighted by Crippen LogP contribution is -2.46. The van der Waals surface area contributed by atoms with Crippen LogP contribution in [0.4, 0.5) is 5.69 Å². The number of hydrogen-bond acceptors (Lipinski definition) is 4. The van der Waals surface area contributed by atoms with E-state index in [1.54, 1.807) is 12.1 Å². The maximum absolute atomic E-state index is 12.3. The molecule has 0 spiro atoms. The Labute approximate surface area is 118 Å². The molecular weight excluding hydrogens is 256 g/mol. The minimum Gasteiger partial charge on any atom is -0.293 e. The van der Waals surface area contributed by atoms with Crippen LogP contribution in [0.3, 0.4) is 0 Å². The summed E-state index contributed by atoms with van der Waals surface area (Å²) in [7, 11) is 0. The van der Waals surface area contributed by atoms with Crippen LogP contribution in [-0.4, -0.2) is 34.2 Å². The zero-order chi connectivity index (χ0) is 14.7. The molecule has 5 nitrogen and oxygen atoms in total. The first-order chi connectivity index (χ1) is 9.49. The Kier molecular flexibility index (Phi) is 4.49. The Morgan fingerprint density at radius 1 is 1.35 bits per heavy atom. The third-order valence-corrected chi connectivity index (χ3v) is 4.08. The van der Waals surface area contributed by atoms with Gasteiger partial charge in [-0.3, -0.25) is 19.8 Å². The van der Waals surface area contributed by atoms with Gasteiger partial charge in [-0.2, -0.15) is 0 Å². The van der Waals surface area contributed by atoms with Gasteiger partial charge in [0.15, 0.2) is 5.78 Å². The number of piperidine rings is 1. The molecule has 1 aliphatic heterocycles. The van der Waals surface area contributed by atoms with E-state index >= 15 is 0 Å². The molecule has 0 amide bonds. The average molecular weight is 276 g/mol. The van der Waals surface area contributed by atoms with Crippen molar-refractivity contribution in [2.45, 2.75) is 45.2 Å². The van der Waals surface area contributed by atoms with E-state index in [2.05, 4.69) is 18.7 Å². The fourth-order valence-electron chi connectivity index (χ4n) is 2.84. The van der Waals surface area contributed by atoms with Gasteiger partial charge in [-0.05, 0) is 26.7 Å². The maximum Gasteiger partial charge on any atom is 0.270 e. The van der Waals surface area contributed by atoms with Crippen molar-refractivity contribution in [3.05, 3.63) is 39.9 Å². The number of carbonyl (C=O) groups is 1. The molecule has 2 rings (SSSR count). The molecule has 0 N–H and O–H groups in total. The molecule has 0 aromatic heterocycles. The van der Waals surface area contributed by atoms with Crippen LogP contribution in [0.1, 0.15) is 43.5 Å². The Bertz CT molecular complexity index is 506. The van der Waals surface area contributed by atoms with Crippen LogP contribution in [0.25, 0.3) is 0 Å². The van der Waals surface area contributed by atoms with E-state index < -0.39 is 4.92 Å². The van der Waals surface area contributed by atoms with Crippen molar-refractivity contribution in [2.75, 3.05) is 6.54 Å². The van der Waals surface area contributed by atoms with Crippen molar-refractivity contribution in [3.8, 4) is 0 Å². The lowest BCUT2D eigenvalue weighted by molar-refractivity contribution is -0.384. The summed E-state index contributed by atoms with van der Waals surface area (Å²) in [6.45, 7) is 4.61. The van der Waals surface area contributed by atoms with Gasteiger partial charge in [-0.25, -0.2) is 0 Å². The van der Waals surface area contributed by atoms with Crippen molar-refractivity contribution < 1.29 is 9.72 Å². The van der Waals surface area contributed by atoms with Crippen LogP contribution in [0.5, 0.6) is 0 Å².